The Morgan fingerprint density at radius 2 is 0.417 bits per heavy atom. The molecule has 0 aromatic rings. The summed E-state index contributed by atoms with van der Waals surface area (Å²) in [5.74, 6) is 5.22. The molecule has 4 aliphatic carbocycles. The monoisotopic (exact) mass is 829 g/mol. The van der Waals surface area contributed by atoms with E-state index in [0.717, 1.165) is 0 Å². The molecule has 0 amide bonds. The lowest BCUT2D eigenvalue weighted by molar-refractivity contribution is 0.0518. The quantitative estimate of drug-likeness (QED) is 0.214. The van der Waals surface area contributed by atoms with Crippen LogP contribution in [0, 0.1) is 47.3 Å². The van der Waals surface area contributed by atoms with Gasteiger partial charge in [0, 0.05) is 47.8 Å². The van der Waals surface area contributed by atoms with E-state index in [1.165, 1.54) is 181 Å². The van der Waals surface area contributed by atoms with Crippen LogP contribution in [0.15, 0.2) is 0 Å². The average Bonchev–Trinajstić information content (AvgIpc) is 4.12. The molecule has 12 nitrogen and oxygen atoms in total. The zero-order valence-corrected chi connectivity index (χ0v) is 37.1. The molecule has 0 aromatic heterocycles. The van der Waals surface area contributed by atoms with Crippen molar-refractivity contribution in [3.8, 4) is 0 Å². The predicted octanol–water partition coefficient (Wildman–Crippen LogP) is 2.90. The third kappa shape index (κ3) is 6.87. The van der Waals surface area contributed by atoms with E-state index in [2.05, 4.69) is 62.1 Å². The lowest BCUT2D eigenvalue weighted by Gasteiger charge is -2.45. The zero-order valence-electron chi connectivity index (χ0n) is 37.1. The standard InChI is InChI=1S/C48H84N12/c1-2-22-57(21-1)33-17-9-13-29-37(33)45-49-41(29)54-46-39-31(15-11-19-35(39)59-25-5-6-26-59)43(51-46)56-48-40-32(16-12-20-36(40)60-27-7-8-28-60)44(52-48)55-47-38-30(42(50-47)53-45)14-10-18-34(38)58-23-3-4-24-58/h29-56H,1-28H2. The Labute approximate surface area is 362 Å². The number of fused-ring (bicyclic) bond motifs is 20. The van der Waals surface area contributed by atoms with Crippen molar-refractivity contribution in [3.05, 3.63) is 0 Å². The minimum Gasteiger partial charge on any atom is -0.300 e. The molecule has 4 saturated carbocycles. The van der Waals surface area contributed by atoms with E-state index in [0.29, 0.717) is 121 Å². The van der Waals surface area contributed by atoms with Gasteiger partial charge in [-0.15, -0.1) is 0 Å². The Morgan fingerprint density at radius 3 is 0.617 bits per heavy atom. The Kier molecular flexibility index (Phi) is 11.1. The van der Waals surface area contributed by atoms with Crippen molar-refractivity contribution in [3.63, 3.8) is 0 Å². The highest BCUT2D eigenvalue weighted by Crippen LogP contribution is 2.49. The van der Waals surface area contributed by atoms with Crippen molar-refractivity contribution in [2.24, 2.45) is 47.3 Å². The molecule has 336 valence electrons. The second-order valence-corrected chi connectivity index (χ2v) is 23.1. The van der Waals surface area contributed by atoms with E-state index < -0.39 is 0 Å². The molecule has 8 N–H and O–H groups in total. The van der Waals surface area contributed by atoms with Crippen molar-refractivity contribution in [2.45, 2.75) is 202 Å². The minimum atomic E-state index is 0.333. The first-order valence-electron chi connectivity index (χ1n) is 26.8. The number of rotatable bonds is 4. The molecule has 9 saturated heterocycles. The highest BCUT2D eigenvalue weighted by atomic mass is 15.4. The summed E-state index contributed by atoms with van der Waals surface area (Å²) in [7, 11) is 0. The van der Waals surface area contributed by atoms with Crippen LogP contribution in [-0.2, 0) is 0 Å². The van der Waals surface area contributed by atoms with Gasteiger partial charge in [0.1, 0.15) is 0 Å². The van der Waals surface area contributed by atoms with Gasteiger partial charge >= 0.3 is 0 Å². The second kappa shape index (κ2) is 16.7. The fourth-order valence-corrected chi connectivity index (χ4v) is 18.2. The van der Waals surface area contributed by atoms with E-state index in [9.17, 15) is 0 Å². The maximum atomic E-state index is 4.56. The molecule has 60 heavy (non-hydrogen) atoms. The van der Waals surface area contributed by atoms with Crippen LogP contribution in [0.5, 0.6) is 0 Å². The van der Waals surface area contributed by atoms with Gasteiger partial charge in [-0.25, -0.2) is 0 Å². The lowest BCUT2D eigenvalue weighted by atomic mass is 9.72. The number of hydrogen-bond acceptors (Lipinski definition) is 12. The van der Waals surface area contributed by atoms with E-state index in [1.807, 2.05) is 0 Å². The third-order valence-electron chi connectivity index (χ3n) is 20.5. The van der Waals surface area contributed by atoms with Crippen LogP contribution >= 0.6 is 0 Å². The first kappa shape index (κ1) is 39.8. The maximum Gasteiger partial charge on any atom is 0.0643 e. The summed E-state index contributed by atoms with van der Waals surface area (Å²) in [6.45, 7) is 10.5. The van der Waals surface area contributed by atoms with E-state index in [-0.39, 0.29) is 0 Å². The molecular weight excluding hydrogens is 745 g/mol. The van der Waals surface area contributed by atoms with Gasteiger partial charge < -0.3 is 0 Å². The van der Waals surface area contributed by atoms with Crippen LogP contribution in [0.25, 0.3) is 0 Å². The first-order chi connectivity index (χ1) is 29.7. The molecule has 0 radical (unpaired) electrons. The van der Waals surface area contributed by atoms with Gasteiger partial charge in [-0.2, -0.15) is 0 Å². The molecule has 13 rings (SSSR count). The van der Waals surface area contributed by atoms with Crippen LogP contribution in [-0.4, -0.2) is 145 Å². The largest absolute Gasteiger partial charge is 0.300 e. The van der Waals surface area contributed by atoms with Gasteiger partial charge in [-0.1, -0.05) is 25.7 Å². The van der Waals surface area contributed by atoms with E-state index in [4.69, 9.17) is 0 Å². The number of hydrogen-bond donors (Lipinski definition) is 8. The Hall–Kier alpha value is -0.480. The maximum absolute atomic E-state index is 4.56. The van der Waals surface area contributed by atoms with Crippen molar-refractivity contribution < 1.29 is 0 Å². The normalized spacial score (nSPS) is 54.0. The van der Waals surface area contributed by atoms with E-state index >= 15 is 0 Å². The summed E-state index contributed by atoms with van der Waals surface area (Å²) in [5, 5.41) is 36.1. The van der Waals surface area contributed by atoms with Gasteiger partial charge in [-0.3, -0.25) is 62.1 Å². The van der Waals surface area contributed by atoms with Crippen molar-refractivity contribution in [1.29, 1.82) is 0 Å². The summed E-state index contributed by atoms with van der Waals surface area (Å²) in [6, 6.07) is 2.77. The van der Waals surface area contributed by atoms with E-state index in [1.54, 1.807) is 0 Å². The molecule has 12 heteroatoms. The SMILES string of the molecule is C1CC2C3NC(NC4NC(NC5NC(NC6NC(N3)C3C6CCCC3N3CCCC3)C3C5CCCC3N3CCCC3)C3C4CCCC3N3CCCC3)C2C(N2CCCC2)C1. The number of nitrogens with one attached hydrogen (secondary N) is 8. The van der Waals surface area contributed by atoms with Gasteiger partial charge in [-0.05, 0) is 179 Å². The number of nitrogens with zero attached hydrogens (tertiary/aromatic N) is 4. The van der Waals surface area contributed by atoms with Crippen LogP contribution in [0.4, 0.5) is 0 Å². The first-order valence-corrected chi connectivity index (χ1v) is 26.8. The summed E-state index contributed by atoms with van der Waals surface area (Å²) in [5.41, 5.74) is 0. The third-order valence-corrected chi connectivity index (χ3v) is 20.5. The molecule has 0 spiro atoms. The molecule has 12 atom stereocenters. The van der Waals surface area contributed by atoms with Crippen LogP contribution < -0.4 is 42.5 Å². The fourth-order valence-electron chi connectivity index (χ4n) is 18.2. The highest BCUT2D eigenvalue weighted by Gasteiger charge is 2.59. The summed E-state index contributed by atoms with van der Waals surface area (Å²) < 4.78 is 0. The van der Waals surface area contributed by atoms with Crippen LogP contribution in [0.3, 0.4) is 0 Å². The molecule has 8 bridgehead atoms. The second-order valence-electron chi connectivity index (χ2n) is 23.1. The van der Waals surface area contributed by atoms with Crippen LogP contribution in [0.2, 0.25) is 0 Å². The van der Waals surface area contributed by atoms with Crippen molar-refractivity contribution >= 4 is 0 Å². The van der Waals surface area contributed by atoms with Gasteiger partial charge in [0.2, 0.25) is 0 Å². The van der Waals surface area contributed by atoms with Crippen molar-refractivity contribution in [2.75, 3.05) is 52.4 Å². The molecule has 0 aromatic carbocycles. The molecule has 9 heterocycles. The predicted molar refractivity (Wildman–Crippen MR) is 237 cm³/mol. The van der Waals surface area contributed by atoms with Gasteiger partial charge in [0.15, 0.2) is 0 Å². The smallest absolute Gasteiger partial charge is 0.0643 e. The van der Waals surface area contributed by atoms with Gasteiger partial charge in [0.25, 0.3) is 0 Å². The average molecular weight is 829 g/mol. The van der Waals surface area contributed by atoms with Crippen LogP contribution in [0.1, 0.15) is 128 Å². The number of likely N-dealkylation sites (tertiary alicyclic amines) is 4. The molecule has 12 unspecified atom stereocenters. The van der Waals surface area contributed by atoms with Gasteiger partial charge in [0.05, 0.1) is 49.3 Å². The summed E-state index contributed by atoms with van der Waals surface area (Å²) in [4.78, 5) is 11.8. The molecular formula is C48H84N12. The Morgan fingerprint density at radius 1 is 0.217 bits per heavy atom. The van der Waals surface area contributed by atoms with Crippen molar-refractivity contribution in [1.82, 2.24) is 62.1 Å². The fraction of sp³-hybridized carbons (Fsp3) is 1.00. The molecule has 9 aliphatic heterocycles. The topological polar surface area (TPSA) is 109 Å². The molecule has 13 aliphatic rings. The highest BCUT2D eigenvalue weighted by molar-refractivity contribution is 5.14. The lowest BCUT2D eigenvalue weighted by Crippen LogP contribution is -2.62. The summed E-state index contributed by atoms with van der Waals surface area (Å²) >= 11 is 0. The zero-order chi connectivity index (χ0) is 39.3. The Bertz CT molecular complexity index is 1260. The summed E-state index contributed by atoms with van der Waals surface area (Å²) in [6.07, 6.45) is 30.3. The molecule has 13 fully saturated rings. The minimum absolute atomic E-state index is 0.333. The Balaban J connectivity index is 0.887.